The van der Waals surface area contributed by atoms with Crippen molar-refractivity contribution in [3.8, 4) is 0 Å². The van der Waals surface area contributed by atoms with E-state index >= 15 is 0 Å². The molecule has 1 aromatic heterocycles. The summed E-state index contributed by atoms with van der Waals surface area (Å²) in [5, 5.41) is 2.58. The Hall–Kier alpha value is -2.57. The number of aromatic nitrogens is 2. The molecule has 0 bridgehead atoms. The van der Waals surface area contributed by atoms with E-state index in [9.17, 15) is 26.4 Å². The van der Waals surface area contributed by atoms with Gasteiger partial charge in [0.25, 0.3) is 0 Å². The lowest BCUT2D eigenvalue weighted by atomic mass is 9.98. The number of hydrogen-bond acceptors (Lipinski definition) is 6. The van der Waals surface area contributed by atoms with Crippen LogP contribution < -0.4 is 5.32 Å². The zero-order valence-corrected chi connectivity index (χ0v) is 17.6. The Morgan fingerprint density at radius 2 is 1.87 bits per heavy atom. The maximum Gasteiger partial charge on any atom is 0.416 e. The molecule has 1 N–H and O–H groups in total. The molecular weight excluding hydrogens is 453 g/mol. The third-order valence-electron chi connectivity index (χ3n) is 5.10. The predicted molar refractivity (Wildman–Crippen MR) is 109 cm³/mol. The normalized spacial score (nSPS) is 18.2. The number of alkyl halides is 3. The van der Waals surface area contributed by atoms with Crippen molar-refractivity contribution in [3.05, 3.63) is 48.0 Å². The molecule has 1 fully saturated rings. The number of anilines is 1. The van der Waals surface area contributed by atoms with E-state index in [1.807, 2.05) is 0 Å². The highest BCUT2D eigenvalue weighted by Gasteiger charge is 2.35. The second-order valence-electron chi connectivity index (χ2n) is 7.15. The van der Waals surface area contributed by atoms with Gasteiger partial charge in [-0.15, -0.1) is 0 Å². The van der Waals surface area contributed by atoms with E-state index in [1.54, 1.807) is 12.1 Å². The third kappa shape index (κ3) is 4.41. The van der Waals surface area contributed by atoms with Crippen LogP contribution in [-0.4, -0.2) is 40.5 Å². The molecule has 2 aromatic carbocycles. The van der Waals surface area contributed by atoms with Crippen LogP contribution in [0.1, 0.15) is 18.4 Å². The summed E-state index contributed by atoms with van der Waals surface area (Å²) in [7, 11) is -3.89. The van der Waals surface area contributed by atoms with Gasteiger partial charge >= 0.3 is 6.18 Å². The average Bonchev–Trinajstić information content (AvgIpc) is 3.22. The van der Waals surface area contributed by atoms with Crippen LogP contribution in [0.3, 0.4) is 0 Å². The Morgan fingerprint density at radius 1 is 1.13 bits per heavy atom. The standard InChI is InChI=1S/C19H17F3N4O3S2/c20-19(21,22)13-6-8-14(9-7-13)23-18(27)12-3-2-10-26(11-12)31(28,29)16-5-1-4-15-17(16)25-30-24-15/h1,4-9,12H,2-3,10-11H2,(H,23,27)/t12-/m0/s1. The van der Waals surface area contributed by atoms with Gasteiger partial charge in [-0.05, 0) is 49.2 Å². The number of hydrogen-bond donors (Lipinski definition) is 1. The first-order chi connectivity index (χ1) is 14.7. The molecule has 1 aliphatic rings. The maximum atomic E-state index is 13.2. The fourth-order valence-corrected chi connectivity index (χ4v) is 5.77. The van der Waals surface area contributed by atoms with Crippen LogP contribution in [0.4, 0.5) is 18.9 Å². The molecule has 12 heteroatoms. The number of nitrogens with zero attached hydrogens (tertiary/aromatic N) is 3. The van der Waals surface area contributed by atoms with Gasteiger partial charge < -0.3 is 5.32 Å². The second kappa shape index (κ2) is 8.17. The van der Waals surface area contributed by atoms with Crippen LogP contribution >= 0.6 is 11.7 Å². The van der Waals surface area contributed by atoms with Crippen molar-refractivity contribution in [2.45, 2.75) is 23.9 Å². The first-order valence-corrected chi connectivity index (χ1v) is 11.5. The molecule has 0 saturated carbocycles. The van der Waals surface area contributed by atoms with E-state index in [0.29, 0.717) is 23.9 Å². The van der Waals surface area contributed by atoms with Crippen molar-refractivity contribution >= 4 is 44.4 Å². The third-order valence-corrected chi connectivity index (χ3v) is 7.54. The van der Waals surface area contributed by atoms with Gasteiger partial charge in [-0.25, -0.2) is 8.42 Å². The van der Waals surface area contributed by atoms with Crippen molar-refractivity contribution in [1.29, 1.82) is 0 Å². The second-order valence-corrected chi connectivity index (χ2v) is 9.59. The van der Waals surface area contributed by atoms with E-state index < -0.39 is 33.6 Å². The molecule has 0 spiro atoms. The largest absolute Gasteiger partial charge is 0.416 e. The summed E-state index contributed by atoms with van der Waals surface area (Å²) < 4.78 is 73.8. The zero-order chi connectivity index (χ0) is 22.2. The van der Waals surface area contributed by atoms with Gasteiger partial charge in [-0.2, -0.15) is 26.2 Å². The van der Waals surface area contributed by atoms with Crippen LogP contribution in [0.15, 0.2) is 47.4 Å². The van der Waals surface area contributed by atoms with E-state index in [-0.39, 0.29) is 23.7 Å². The Bertz CT molecular complexity index is 1210. The molecule has 0 aliphatic carbocycles. The summed E-state index contributed by atoms with van der Waals surface area (Å²) in [6.45, 7) is 0.239. The molecule has 31 heavy (non-hydrogen) atoms. The minimum absolute atomic E-state index is 0.0250. The van der Waals surface area contributed by atoms with Crippen molar-refractivity contribution < 1.29 is 26.4 Å². The monoisotopic (exact) mass is 470 g/mol. The van der Waals surface area contributed by atoms with Gasteiger partial charge in [0, 0.05) is 18.8 Å². The topological polar surface area (TPSA) is 92.3 Å². The number of carbonyl (C=O) groups is 1. The number of benzene rings is 2. The summed E-state index contributed by atoms with van der Waals surface area (Å²) in [6, 6.07) is 8.85. The minimum atomic E-state index is -4.46. The molecule has 0 radical (unpaired) electrons. The molecular formula is C19H17F3N4O3S2. The zero-order valence-electron chi connectivity index (χ0n) is 16.0. The first-order valence-electron chi connectivity index (χ1n) is 9.36. The number of amides is 1. The number of halogens is 3. The molecule has 2 heterocycles. The summed E-state index contributed by atoms with van der Waals surface area (Å²) in [6.07, 6.45) is -3.51. The van der Waals surface area contributed by atoms with Crippen LogP contribution in [0.2, 0.25) is 0 Å². The van der Waals surface area contributed by atoms with Gasteiger partial charge in [-0.3, -0.25) is 4.79 Å². The fraction of sp³-hybridized carbons (Fsp3) is 0.316. The van der Waals surface area contributed by atoms with Crippen LogP contribution in [-0.2, 0) is 21.0 Å². The smallest absolute Gasteiger partial charge is 0.326 e. The van der Waals surface area contributed by atoms with Crippen LogP contribution in [0.25, 0.3) is 11.0 Å². The SMILES string of the molecule is O=C(Nc1ccc(C(F)(F)F)cc1)[C@H]1CCCN(S(=O)(=O)c2cccc3nsnc23)C1. The van der Waals surface area contributed by atoms with Gasteiger partial charge in [0.1, 0.15) is 15.9 Å². The lowest BCUT2D eigenvalue weighted by Gasteiger charge is -2.31. The van der Waals surface area contributed by atoms with Crippen molar-refractivity contribution in [2.75, 3.05) is 18.4 Å². The van der Waals surface area contributed by atoms with Gasteiger partial charge in [0.2, 0.25) is 15.9 Å². The van der Waals surface area contributed by atoms with E-state index in [0.717, 1.165) is 23.9 Å². The van der Waals surface area contributed by atoms with E-state index in [1.165, 1.54) is 22.5 Å². The quantitative estimate of drug-likeness (QED) is 0.627. The van der Waals surface area contributed by atoms with Gasteiger partial charge in [-0.1, -0.05) is 6.07 Å². The van der Waals surface area contributed by atoms with Crippen LogP contribution in [0, 0.1) is 5.92 Å². The fourth-order valence-electron chi connectivity index (χ4n) is 3.49. The Labute approximate surface area is 180 Å². The lowest BCUT2D eigenvalue weighted by molar-refractivity contribution is -0.137. The van der Waals surface area contributed by atoms with Crippen molar-refractivity contribution in [2.24, 2.45) is 5.92 Å². The molecule has 1 saturated heterocycles. The molecule has 3 aromatic rings. The Balaban J connectivity index is 1.49. The molecule has 1 aliphatic heterocycles. The number of nitrogens with one attached hydrogen (secondary N) is 1. The Kier molecular flexibility index (Phi) is 5.71. The summed E-state index contributed by atoms with van der Waals surface area (Å²) in [5.74, 6) is -1.06. The number of carbonyl (C=O) groups excluding carboxylic acids is 1. The van der Waals surface area contributed by atoms with Gasteiger partial charge in [0.05, 0.1) is 23.2 Å². The van der Waals surface area contributed by atoms with E-state index in [4.69, 9.17) is 0 Å². The number of sulfonamides is 1. The maximum absolute atomic E-state index is 13.2. The molecule has 1 atom stereocenters. The Morgan fingerprint density at radius 3 is 2.58 bits per heavy atom. The molecule has 7 nitrogen and oxygen atoms in total. The number of piperidine rings is 1. The molecule has 1 amide bonds. The van der Waals surface area contributed by atoms with E-state index in [2.05, 4.69) is 14.1 Å². The minimum Gasteiger partial charge on any atom is -0.326 e. The number of fused-ring (bicyclic) bond motifs is 1. The molecule has 0 unspecified atom stereocenters. The highest BCUT2D eigenvalue weighted by Crippen LogP contribution is 2.31. The summed E-state index contributed by atoms with van der Waals surface area (Å²) in [5.41, 5.74) is 0.186. The predicted octanol–water partition coefficient (Wildman–Crippen LogP) is 3.75. The average molecular weight is 470 g/mol. The number of rotatable bonds is 4. The summed E-state index contributed by atoms with van der Waals surface area (Å²) in [4.78, 5) is 12.7. The highest BCUT2D eigenvalue weighted by atomic mass is 32.2. The molecule has 164 valence electrons. The highest BCUT2D eigenvalue weighted by molar-refractivity contribution is 7.89. The van der Waals surface area contributed by atoms with Gasteiger partial charge in [0.15, 0.2) is 0 Å². The van der Waals surface area contributed by atoms with Crippen molar-refractivity contribution in [3.63, 3.8) is 0 Å². The molecule has 4 rings (SSSR count). The summed E-state index contributed by atoms with van der Waals surface area (Å²) >= 11 is 0.921. The lowest BCUT2D eigenvalue weighted by Crippen LogP contribution is -2.43. The van der Waals surface area contributed by atoms with Crippen LogP contribution in [0.5, 0.6) is 0 Å². The first kappa shape index (κ1) is 21.7. The van der Waals surface area contributed by atoms with Crippen molar-refractivity contribution in [1.82, 2.24) is 13.1 Å².